The third-order valence-corrected chi connectivity index (χ3v) is 3.65. The summed E-state index contributed by atoms with van der Waals surface area (Å²) in [4.78, 5) is 30.9. The van der Waals surface area contributed by atoms with Crippen LogP contribution in [0.25, 0.3) is 0 Å². The Hall–Kier alpha value is -2.41. The standard InChI is InChI=1S/C17H24N4O3/c1-12-4-6-13(7-5-12)14-10-15(24-20-14)17(23)19-11-16(22)18-8-9-21(2)3/h4-7,15H,8-11H2,1-3H3,(H,18,22)(H,19,23)/t15-/m0/s1. The molecule has 7 nitrogen and oxygen atoms in total. The predicted molar refractivity (Wildman–Crippen MR) is 91.8 cm³/mol. The molecule has 2 N–H and O–H groups in total. The highest BCUT2D eigenvalue weighted by molar-refractivity contribution is 6.04. The fraction of sp³-hybridized carbons (Fsp3) is 0.471. The first-order valence-corrected chi connectivity index (χ1v) is 7.94. The molecular formula is C17H24N4O3. The van der Waals surface area contributed by atoms with Crippen LogP contribution >= 0.6 is 0 Å². The second kappa shape index (κ2) is 8.44. The van der Waals surface area contributed by atoms with Crippen LogP contribution in [0, 0.1) is 6.92 Å². The molecule has 1 heterocycles. The topological polar surface area (TPSA) is 83.0 Å². The quantitative estimate of drug-likeness (QED) is 0.751. The molecule has 1 aromatic rings. The monoisotopic (exact) mass is 332 g/mol. The van der Waals surface area contributed by atoms with Gasteiger partial charge in [-0.2, -0.15) is 0 Å². The van der Waals surface area contributed by atoms with Crippen LogP contribution in [0.3, 0.4) is 0 Å². The molecule has 0 spiro atoms. The number of aryl methyl sites for hydroxylation is 1. The maximum atomic E-state index is 12.1. The van der Waals surface area contributed by atoms with Gasteiger partial charge in [-0.25, -0.2) is 0 Å². The molecular weight excluding hydrogens is 308 g/mol. The Morgan fingerprint density at radius 1 is 1.25 bits per heavy atom. The number of oxime groups is 1. The zero-order chi connectivity index (χ0) is 17.5. The molecule has 1 atom stereocenters. The van der Waals surface area contributed by atoms with Crippen molar-refractivity contribution in [3.63, 3.8) is 0 Å². The molecule has 24 heavy (non-hydrogen) atoms. The summed E-state index contributed by atoms with van der Waals surface area (Å²) < 4.78 is 0. The molecule has 2 amide bonds. The second-order valence-electron chi connectivity index (χ2n) is 6.07. The van der Waals surface area contributed by atoms with E-state index in [9.17, 15) is 9.59 Å². The maximum Gasteiger partial charge on any atom is 0.264 e. The zero-order valence-corrected chi connectivity index (χ0v) is 14.3. The van der Waals surface area contributed by atoms with Crippen LogP contribution in [0.2, 0.25) is 0 Å². The van der Waals surface area contributed by atoms with Crippen LogP contribution in [-0.4, -0.2) is 62.3 Å². The minimum Gasteiger partial charge on any atom is -0.382 e. The van der Waals surface area contributed by atoms with Gasteiger partial charge < -0.3 is 20.4 Å². The van der Waals surface area contributed by atoms with Gasteiger partial charge in [0.1, 0.15) is 0 Å². The number of nitrogens with one attached hydrogen (secondary N) is 2. The van der Waals surface area contributed by atoms with Crippen molar-refractivity contribution in [2.45, 2.75) is 19.4 Å². The fourth-order valence-electron chi connectivity index (χ4n) is 2.20. The lowest BCUT2D eigenvalue weighted by Gasteiger charge is -2.12. The van der Waals surface area contributed by atoms with Crippen molar-refractivity contribution in [2.24, 2.45) is 5.16 Å². The largest absolute Gasteiger partial charge is 0.382 e. The van der Waals surface area contributed by atoms with Crippen molar-refractivity contribution in [1.29, 1.82) is 0 Å². The van der Waals surface area contributed by atoms with Crippen LogP contribution in [-0.2, 0) is 14.4 Å². The summed E-state index contributed by atoms with van der Waals surface area (Å²) in [5.41, 5.74) is 2.84. The van der Waals surface area contributed by atoms with Crippen LogP contribution in [0.4, 0.5) is 0 Å². The minimum atomic E-state index is -0.684. The van der Waals surface area contributed by atoms with Gasteiger partial charge >= 0.3 is 0 Å². The number of hydrogen-bond acceptors (Lipinski definition) is 5. The van der Waals surface area contributed by atoms with Gasteiger partial charge in [-0.15, -0.1) is 0 Å². The zero-order valence-electron chi connectivity index (χ0n) is 14.3. The molecule has 1 aliphatic rings. The highest BCUT2D eigenvalue weighted by Gasteiger charge is 2.28. The number of carbonyl (C=O) groups excluding carboxylic acids is 2. The Morgan fingerprint density at radius 2 is 1.96 bits per heavy atom. The van der Waals surface area contributed by atoms with Crippen LogP contribution in [0.1, 0.15) is 17.5 Å². The van der Waals surface area contributed by atoms with E-state index in [2.05, 4.69) is 15.8 Å². The molecule has 0 saturated carbocycles. The number of amides is 2. The van der Waals surface area contributed by atoms with Crippen LogP contribution in [0.15, 0.2) is 29.4 Å². The van der Waals surface area contributed by atoms with Crippen molar-refractivity contribution in [1.82, 2.24) is 15.5 Å². The Balaban J connectivity index is 1.73. The van der Waals surface area contributed by atoms with Crippen molar-refractivity contribution < 1.29 is 14.4 Å². The molecule has 130 valence electrons. The third kappa shape index (κ3) is 5.34. The number of nitrogens with zero attached hydrogens (tertiary/aromatic N) is 2. The van der Waals surface area contributed by atoms with Crippen molar-refractivity contribution in [3.8, 4) is 0 Å². The first-order chi connectivity index (χ1) is 11.5. The number of carbonyl (C=O) groups is 2. The summed E-state index contributed by atoms with van der Waals surface area (Å²) in [7, 11) is 3.86. The van der Waals surface area contributed by atoms with Crippen molar-refractivity contribution in [3.05, 3.63) is 35.4 Å². The maximum absolute atomic E-state index is 12.1. The molecule has 2 rings (SSSR count). The Labute approximate surface area is 142 Å². The molecule has 0 fully saturated rings. The summed E-state index contributed by atoms with van der Waals surface area (Å²) in [5, 5.41) is 9.30. The van der Waals surface area contributed by atoms with Gasteiger partial charge in [-0.05, 0) is 26.6 Å². The van der Waals surface area contributed by atoms with E-state index < -0.39 is 6.10 Å². The molecule has 7 heteroatoms. The van der Waals surface area contributed by atoms with E-state index in [0.29, 0.717) is 13.0 Å². The molecule has 0 radical (unpaired) electrons. The summed E-state index contributed by atoms with van der Waals surface area (Å²) in [5.74, 6) is -0.550. The summed E-state index contributed by atoms with van der Waals surface area (Å²) >= 11 is 0. The molecule has 1 aromatic carbocycles. The van der Waals surface area contributed by atoms with Gasteiger partial charge in [-0.1, -0.05) is 35.0 Å². The van der Waals surface area contributed by atoms with E-state index in [1.807, 2.05) is 50.2 Å². The SMILES string of the molecule is Cc1ccc(C2=NO[C@H](C(=O)NCC(=O)NCCN(C)C)C2)cc1. The van der Waals surface area contributed by atoms with Gasteiger partial charge in [0.15, 0.2) is 0 Å². The lowest BCUT2D eigenvalue weighted by Crippen LogP contribution is -2.42. The highest BCUT2D eigenvalue weighted by Crippen LogP contribution is 2.17. The van der Waals surface area contributed by atoms with Gasteiger partial charge in [-0.3, -0.25) is 9.59 Å². The van der Waals surface area contributed by atoms with Gasteiger partial charge in [0.25, 0.3) is 5.91 Å². The third-order valence-electron chi connectivity index (χ3n) is 3.65. The number of benzene rings is 1. The summed E-state index contributed by atoms with van der Waals surface area (Å²) in [6.45, 7) is 3.24. The van der Waals surface area contributed by atoms with Crippen LogP contribution in [0.5, 0.6) is 0 Å². The van der Waals surface area contributed by atoms with Crippen molar-refractivity contribution >= 4 is 17.5 Å². The lowest BCUT2D eigenvalue weighted by molar-refractivity contribution is -0.133. The minimum absolute atomic E-state index is 0.0635. The Morgan fingerprint density at radius 3 is 2.62 bits per heavy atom. The first kappa shape index (κ1) is 17.9. The molecule has 0 aromatic heterocycles. The summed E-state index contributed by atoms with van der Waals surface area (Å²) in [6, 6.07) is 7.89. The van der Waals surface area contributed by atoms with E-state index >= 15 is 0 Å². The van der Waals surface area contributed by atoms with E-state index in [0.717, 1.165) is 23.4 Å². The molecule has 0 aliphatic carbocycles. The predicted octanol–water partition coefficient (Wildman–Crippen LogP) is 0.282. The van der Waals surface area contributed by atoms with Gasteiger partial charge in [0.05, 0.1) is 12.3 Å². The average Bonchev–Trinajstić information content (AvgIpc) is 3.03. The van der Waals surface area contributed by atoms with Crippen molar-refractivity contribution in [2.75, 3.05) is 33.7 Å². The van der Waals surface area contributed by atoms with Crippen LogP contribution < -0.4 is 10.6 Å². The van der Waals surface area contributed by atoms with E-state index in [-0.39, 0.29) is 18.4 Å². The Kier molecular flexibility index (Phi) is 6.31. The highest BCUT2D eigenvalue weighted by atomic mass is 16.6. The van der Waals surface area contributed by atoms with Gasteiger partial charge in [0, 0.05) is 19.5 Å². The van der Waals surface area contributed by atoms with E-state index in [1.165, 1.54) is 0 Å². The molecule has 0 unspecified atom stereocenters. The smallest absolute Gasteiger partial charge is 0.264 e. The number of hydrogen-bond donors (Lipinski definition) is 2. The second-order valence-corrected chi connectivity index (χ2v) is 6.07. The Bertz CT molecular complexity index is 611. The molecule has 0 bridgehead atoms. The lowest BCUT2D eigenvalue weighted by atomic mass is 10.0. The molecule has 0 saturated heterocycles. The molecule has 1 aliphatic heterocycles. The normalized spacial score (nSPS) is 16.5. The van der Waals surface area contributed by atoms with E-state index in [1.54, 1.807) is 0 Å². The fourth-order valence-corrected chi connectivity index (χ4v) is 2.20. The number of likely N-dealkylation sites (N-methyl/N-ethyl adjacent to an activating group) is 1. The van der Waals surface area contributed by atoms with E-state index in [4.69, 9.17) is 4.84 Å². The first-order valence-electron chi connectivity index (χ1n) is 7.94. The summed E-state index contributed by atoms with van der Waals surface area (Å²) in [6.07, 6.45) is -0.284. The van der Waals surface area contributed by atoms with Gasteiger partial charge in [0.2, 0.25) is 12.0 Å². The average molecular weight is 332 g/mol. The number of rotatable bonds is 7.